The second kappa shape index (κ2) is 5.71. The van der Waals surface area contributed by atoms with Crippen LogP contribution in [0.5, 0.6) is 0 Å². The average Bonchev–Trinajstić information content (AvgIpc) is 3.15. The van der Waals surface area contributed by atoms with Crippen LogP contribution in [-0.4, -0.2) is 20.4 Å². The Balaban J connectivity index is 1.64. The minimum atomic E-state index is 0.506. The highest BCUT2D eigenvalue weighted by molar-refractivity contribution is 7.71. The van der Waals surface area contributed by atoms with Crippen molar-refractivity contribution in [1.82, 2.24) is 13.9 Å². The van der Waals surface area contributed by atoms with E-state index in [9.17, 15) is 0 Å². The third-order valence-corrected chi connectivity index (χ3v) is 4.94. The quantitative estimate of drug-likeness (QED) is 0.670. The van der Waals surface area contributed by atoms with Crippen molar-refractivity contribution in [2.45, 2.75) is 25.6 Å². The molecule has 0 bridgehead atoms. The molecule has 0 spiro atoms. The molecule has 1 atom stereocenters. The van der Waals surface area contributed by atoms with Crippen molar-refractivity contribution in [1.29, 1.82) is 0 Å². The van der Waals surface area contributed by atoms with Crippen LogP contribution in [0, 0.1) is 4.77 Å². The van der Waals surface area contributed by atoms with Gasteiger partial charge in [0.1, 0.15) is 0 Å². The molecule has 1 aromatic carbocycles. The summed E-state index contributed by atoms with van der Waals surface area (Å²) in [5, 5.41) is 0. The van der Waals surface area contributed by atoms with E-state index in [-0.39, 0.29) is 0 Å². The molecule has 0 unspecified atom stereocenters. The molecule has 1 aliphatic rings. The molecule has 3 heterocycles. The van der Waals surface area contributed by atoms with Crippen LogP contribution in [0.25, 0.3) is 5.52 Å². The zero-order valence-electron chi connectivity index (χ0n) is 12.4. The van der Waals surface area contributed by atoms with E-state index in [1.165, 1.54) is 18.4 Å². The largest absolute Gasteiger partial charge is 0.309 e. The van der Waals surface area contributed by atoms with E-state index >= 15 is 0 Å². The highest BCUT2D eigenvalue weighted by atomic mass is 32.1. The lowest BCUT2D eigenvalue weighted by atomic mass is 10.1. The molecule has 1 saturated heterocycles. The lowest BCUT2D eigenvalue weighted by molar-refractivity contribution is 0.201. The van der Waals surface area contributed by atoms with Gasteiger partial charge in [-0.25, -0.2) is 0 Å². The molecular formula is C18H19N3S. The maximum absolute atomic E-state index is 5.62. The first-order valence-corrected chi connectivity index (χ1v) is 8.19. The predicted octanol–water partition coefficient (Wildman–Crippen LogP) is 4.26. The molecule has 0 saturated carbocycles. The fourth-order valence-corrected chi connectivity index (χ4v) is 3.71. The molecule has 0 N–H and O–H groups in total. The summed E-state index contributed by atoms with van der Waals surface area (Å²) in [6, 6.07) is 17.5. The van der Waals surface area contributed by atoms with Crippen LogP contribution in [0.2, 0.25) is 0 Å². The Morgan fingerprint density at radius 2 is 1.86 bits per heavy atom. The molecule has 1 aliphatic heterocycles. The van der Waals surface area contributed by atoms with E-state index in [0.29, 0.717) is 6.04 Å². The number of nitrogens with zero attached hydrogens (tertiary/aromatic N) is 3. The Kier molecular flexibility index (Phi) is 3.56. The first-order chi connectivity index (χ1) is 10.8. The van der Waals surface area contributed by atoms with Gasteiger partial charge in [0.05, 0.1) is 12.2 Å². The summed E-state index contributed by atoms with van der Waals surface area (Å²) in [5.41, 5.74) is 2.57. The van der Waals surface area contributed by atoms with Gasteiger partial charge in [-0.2, -0.15) is 0 Å². The summed E-state index contributed by atoms with van der Waals surface area (Å²) in [4.78, 5) is 2.53. The highest BCUT2D eigenvalue weighted by Crippen LogP contribution is 2.32. The van der Waals surface area contributed by atoms with Crippen molar-refractivity contribution in [3.8, 4) is 0 Å². The van der Waals surface area contributed by atoms with Gasteiger partial charge in [-0.1, -0.05) is 36.4 Å². The maximum Gasteiger partial charge on any atom is 0.185 e. The topological polar surface area (TPSA) is 12.6 Å². The van der Waals surface area contributed by atoms with Crippen molar-refractivity contribution in [2.24, 2.45) is 0 Å². The molecule has 0 amide bonds. The normalized spacial score (nSPS) is 19.0. The van der Waals surface area contributed by atoms with Crippen molar-refractivity contribution < 1.29 is 0 Å². The van der Waals surface area contributed by atoms with Crippen molar-refractivity contribution in [3.05, 3.63) is 71.3 Å². The van der Waals surface area contributed by atoms with E-state index in [4.69, 9.17) is 12.2 Å². The zero-order chi connectivity index (χ0) is 14.9. The van der Waals surface area contributed by atoms with Crippen LogP contribution in [0.1, 0.15) is 24.4 Å². The van der Waals surface area contributed by atoms with Gasteiger partial charge in [-0.05, 0) is 42.8 Å². The molecule has 2 aromatic heterocycles. The number of hydrogen-bond acceptors (Lipinski definition) is 2. The Morgan fingerprint density at radius 1 is 1.05 bits per heavy atom. The summed E-state index contributed by atoms with van der Waals surface area (Å²) in [7, 11) is 0. The zero-order valence-corrected chi connectivity index (χ0v) is 13.2. The fraction of sp³-hybridized carbons (Fsp3) is 0.278. The van der Waals surface area contributed by atoms with E-state index < -0.39 is 0 Å². The Hall–Kier alpha value is -1.91. The molecule has 22 heavy (non-hydrogen) atoms. The third kappa shape index (κ3) is 2.38. The molecular weight excluding hydrogens is 290 g/mol. The number of benzene rings is 1. The molecule has 4 rings (SSSR count). The van der Waals surface area contributed by atoms with Crippen molar-refractivity contribution in [3.63, 3.8) is 0 Å². The maximum atomic E-state index is 5.62. The molecule has 0 aliphatic carbocycles. The number of fused-ring (bicyclic) bond motifs is 1. The van der Waals surface area contributed by atoms with Gasteiger partial charge < -0.3 is 4.57 Å². The molecule has 0 radical (unpaired) electrons. The van der Waals surface area contributed by atoms with Crippen LogP contribution in [-0.2, 0) is 6.67 Å². The second-order valence-corrected chi connectivity index (χ2v) is 6.26. The lowest BCUT2D eigenvalue weighted by Crippen LogP contribution is -2.26. The van der Waals surface area contributed by atoms with Crippen LogP contribution >= 0.6 is 12.2 Å². The van der Waals surface area contributed by atoms with E-state index in [1.807, 2.05) is 12.3 Å². The van der Waals surface area contributed by atoms with Crippen LogP contribution in [0.15, 0.2) is 60.9 Å². The minimum absolute atomic E-state index is 0.506. The lowest BCUT2D eigenvalue weighted by Gasteiger charge is -2.25. The number of aromatic nitrogens is 2. The molecule has 4 heteroatoms. The van der Waals surface area contributed by atoms with Crippen molar-refractivity contribution >= 4 is 17.7 Å². The monoisotopic (exact) mass is 309 g/mol. The van der Waals surface area contributed by atoms with Crippen LogP contribution in [0.3, 0.4) is 0 Å². The second-order valence-electron chi connectivity index (χ2n) is 5.90. The fourth-order valence-electron chi connectivity index (χ4n) is 3.43. The summed E-state index contributed by atoms with van der Waals surface area (Å²) >= 11 is 5.62. The van der Waals surface area contributed by atoms with Crippen LogP contribution < -0.4 is 0 Å². The smallest absolute Gasteiger partial charge is 0.185 e. The number of rotatable bonds is 3. The highest BCUT2D eigenvalue weighted by Gasteiger charge is 2.26. The summed E-state index contributed by atoms with van der Waals surface area (Å²) in [6.07, 6.45) is 6.67. The minimum Gasteiger partial charge on any atom is -0.309 e. The van der Waals surface area contributed by atoms with Gasteiger partial charge in [0.25, 0.3) is 0 Å². The summed E-state index contributed by atoms with van der Waals surface area (Å²) in [6.45, 7) is 1.99. The average molecular weight is 309 g/mol. The first kappa shape index (κ1) is 13.7. The Bertz CT molecular complexity index is 834. The standard InChI is InChI=1S/C18H19N3S/c22-18-20(13-16-9-4-5-12-21(16)18)14-19-11-6-10-17(19)15-7-2-1-3-8-15/h1-5,7-9,12-13,17H,6,10-11,14H2/t17-/m1/s1. The number of hydrogen-bond donors (Lipinski definition) is 0. The summed E-state index contributed by atoms with van der Waals surface area (Å²) in [5.74, 6) is 0. The summed E-state index contributed by atoms with van der Waals surface area (Å²) < 4.78 is 5.13. The number of pyridine rings is 1. The number of likely N-dealkylation sites (tertiary alicyclic amines) is 1. The Morgan fingerprint density at radius 3 is 2.68 bits per heavy atom. The van der Waals surface area contributed by atoms with E-state index in [0.717, 1.165) is 23.5 Å². The predicted molar refractivity (Wildman–Crippen MR) is 91.3 cm³/mol. The molecule has 112 valence electrons. The van der Waals surface area contributed by atoms with Crippen molar-refractivity contribution in [2.75, 3.05) is 6.54 Å². The van der Waals surface area contributed by atoms with E-state index in [2.05, 4.69) is 62.5 Å². The van der Waals surface area contributed by atoms with Crippen LogP contribution in [0.4, 0.5) is 0 Å². The number of imidazole rings is 1. The third-order valence-electron chi connectivity index (χ3n) is 4.51. The molecule has 3 nitrogen and oxygen atoms in total. The van der Waals surface area contributed by atoms with Gasteiger partial charge in [-0.15, -0.1) is 0 Å². The van der Waals surface area contributed by atoms with Gasteiger partial charge in [0.2, 0.25) is 0 Å². The molecule has 1 fully saturated rings. The SMILES string of the molecule is S=c1n(CN2CCC[C@@H]2c2ccccc2)cc2ccccn12. The van der Waals surface area contributed by atoms with Gasteiger partial charge in [-0.3, -0.25) is 9.30 Å². The van der Waals surface area contributed by atoms with Gasteiger partial charge in [0, 0.05) is 25.0 Å². The first-order valence-electron chi connectivity index (χ1n) is 7.78. The van der Waals surface area contributed by atoms with E-state index in [1.54, 1.807) is 0 Å². The molecule has 3 aromatic rings. The Labute approximate surface area is 135 Å². The van der Waals surface area contributed by atoms with Gasteiger partial charge in [0.15, 0.2) is 4.77 Å². The van der Waals surface area contributed by atoms with Gasteiger partial charge >= 0.3 is 0 Å².